The molecule has 0 saturated heterocycles. The fraction of sp³-hybridized carbons (Fsp3) is 0.375. The van der Waals surface area contributed by atoms with Crippen molar-refractivity contribution in [1.82, 2.24) is 0 Å². The molecule has 34 heteroatoms. The van der Waals surface area contributed by atoms with Gasteiger partial charge >= 0.3 is 160 Å². The molecule has 0 unspecified atom stereocenters. The molecule has 0 aromatic heterocycles. The van der Waals surface area contributed by atoms with Gasteiger partial charge in [0.2, 0.25) is 31.2 Å². The number of benzene rings is 1. The van der Waals surface area contributed by atoms with Crippen LogP contribution in [0.3, 0.4) is 0 Å². The molecule has 0 amide bonds. The first-order valence-electron chi connectivity index (χ1n) is 10.6. The smallest absolute Gasteiger partial charge is 0.726 e. The van der Waals surface area contributed by atoms with E-state index in [0.717, 1.165) is 6.07 Å². The largest absolute Gasteiger partial charge is 1.00 e. The van der Waals surface area contributed by atoms with Gasteiger partial charge in [-0.1, -0.05) is 6.07 Å². The summed E-state index contributed by atoms with van der Waals surface area (Å²) in [5.41, 5.74) is -3.82. The van der Waals surface area contributed by atoms with Crippen LogP contribution >= 0.6 is 0 Å². The van der Waals surface area contributed by atoms with Crippen LogP contribution in [0.4, 0.5) is 0 Å². The van der Waals surface area contributed by atoms with Gasteiger partial charge in [-0.2, -0.15) is 0 Å². The van der Waals surface area contributed by atoms with E-state index in [2.05, 4.69) is 20.9 Å². The predicted molar refractivity (Wildman–Crippen MR) is 126 cm³/mol. The van der Waals surface area contributed by atoms with Gasteiger partial charge in [0.05, 0.1) is 0 Å². The van der Waals surface area contributed by atoms with Crippen LogP contribution in [0.2, 0.25) is 0 Å². The fourth-order valence-electron chi connectivity index (χ4n) is 3.62. The average molecular weight is 865 g/mol. The van der Waals surface area contributed by atoms with E-state index in [9.17, 15) is 79.5 Å². The first kappa shape index (κ1) is 58.6. The Morgan fingerprint density at radius 2 is 1.14 bits per heavy atom. The normalized spacial score (nSPS) is 21.0. The van der Waals surface area contributed by atoms with Gasteiger partial charge in [-0.05, 0) is 23.8 Å². The topological polar surface area (TPSA) is 396 Å². The molecule has 1 fully saturated rings. The molecule has 1 N–H and O–H groups in total. The van der Waals surface area contributed by atoms with Crippen molar-refractivity contribution in [2.45, 2.75) is 36.8 Å². The van der Waals surface area contributed by atoms with Crippen molar-refractivity contribution in [3.8, 4) is 11.5 Å². The Morgan fingerprint density at radius 1 is 0.680 bits per heavy atom. The molecule has 4 atom stereocenters. The molecule has 1 aliphatic carbocycles. The van der Waals surface area contributed by atoms with Gasteiger partial charge in [-0.15, -0.1) is 0 Å². The van der Waals surface area contributed by atoms with Crippen LogP contribution in [-0.2, 0) is 78.9 Å². The summed E-state index contributed by atoms with van der Waals surface area (Å²) in [6.07, 6.45) is -10.3. The van der Waals surface area contributed by atoms with E-state index in [0.29, 0.717) is 24.3 Å². The summed E-state index contributed by atoms with van der Waals surface area (Å²) in [6, 6.07) is 1.86. The minimum atomic E-state index is -6.01. The zero-order valence-corrected chi connectivity index (χ0v) is 40.0. The zero-order chi connectivity index (χ0) is 34.8. The summed E-state index contributed by atoms with van der Waals surface area (Å²) in [6.45, 7) is 0. The fourth-order valence-corrected chi connectivity index (χ4v) is 5.93. The third-order valence-corrected chi connectivity index (χ3v) is 7.18. The second-order valence-corrected chi connectivity index (χ2v) is 13.2. The molecular weight excluding hydrogens is 851 g/mol. The van der Waals surface area contributed by atoms with Crippen LogP contribution in [0.15, 0.2) is 24.3 Å². The molecule has 1 aliphatic rings. The maximum atomic E-state index is 12.5. The van der Waals surface area contributed by atoms with Crippen LogP contribution in [0.1, 0.15) is 18.4 Å². The Labute approximate surface area is 394 Å². The number of hydrogen-bond acceptors (Lipinski definition) is 23. The minimum absolute atomic E-state index is 0. The molecular formula is C16H13Na5O24S5. The molecule has 1 saturated carbocycles. The number of carboxylic acid groups (broad SMARTS) is 1. The third-order valence-electron chi connectivity index (χ3n) is 4.95. The van der Waals surface area contributed by atoms with Crippen molar-refractivity contribution in [3.63, 3.8) is 0 Å². The number of hydrogen-bond donors (Lipinski definition) is 1. The Bertz CT molecular complexity index is 1920. The van der Waals surface area contributed by atoms with E-state index in [4.69, 9.17) is 4.74 Å². The second kappa shape index (κ2) is 22.6. The molecule has 0 heterocycles. The van der Waals surface area contributed by atoms with Crippen molar-refractivity contribution in [2.24, 2.45) is 0 Å². The molecule has 1 aromatic rings. The molecule has 0 aliphatic heterocycles. The molecule has 256 valence electrons. The van der Waals surface area contributed by atoms with Crippen LogP contribution in [0, 0.1) is 0 Å². The second-order valence-electron chi connectivity index (χ2n) is 8.21. The van der Waals surface area contributed by atoms with Crippen LogP contribution < -0.4 is 156 Å². The van der Waals surface area contributed by atoms with Gasteiger partial charge in [-0.3, -0.25) is 12.5 Å². The minimum Gasteiger partial charge on any atom is -0.726 e. The summed E-state index contributed by atoms with van der Waals surface area (Å²) in [5.74, 6) is -6.44. The van der Waals surface area contributed by atoms with Crippen molar-refractivity contribution < 1.29 is 253 Å². The summed E-state index contributed by atoms with van der Waals surface area (Å²) in [5, 5.41) is 9.56. The number of ether oxygens (including phenoxy) is 1. The standard InChI is InChI=1S/C16H18O24S5.5Na/c17-13(4-2-8-1-3-9(36-41(20,21)22)10(5-8)37-42(23,24)25)35-11-6-16(15(18)19,40-45(32,33)34)7-12(38-43(26,27)28)14(11)39-44(29,30)31;;;;;/h1-5,11-12,14H,6-7H2,(H,18,19)(H,20,21,22)(H,23,24,25)(H,26,27,28)(H,29,30,31)(H,32,33,34);;;;;/q;5*+1/p-5/b4-2+;;;;;/t11-,12-,14+,16-;;;;;/m1...../s1. The number of rotatable bonds is 14. The van der Waals surface area contributed by atoms with E-state index in [1.807, 2.05) is 0 Å². The Balaban J connectivity index is -0.00000212. The number of esters is 1. The molecule has 0 bridgehead atoms. The number of carbonyl (C=O) groups is 2. The quantitative estimate of drug-likeness (QED) is 0.0596. The average Bonchev–Trinajstić information content (AvgIpc) is 2.76. The van der Waals surface area contributed by atoms with Crippen molar-refractivity contribution in [3.05, 3.63) is 29.8 Å². The van der Waals surface area contributed by atoms with E-state index >= 15 is 0 Å². The van der Waals surface area contributed by atoms with Gasteiger partial charge in [0, 0.05) is 18.9 Å². The van der Waals surface area contributed by atoms with Gasteiger partial charge in [-0.25, -0.2) is 51.7 Å². The van der Waals surface area contributed by atoms with E-state index in [1.54, 1.807) is 0 Å². The Kier molecular flexibility index (Phi) is 26.5. The summed E-state index contributed by atoms with van der Waals surface area (Å²) in [7, 11) is -29.1. The third kappa shape index (κ3) is 21.9. The van der Waals surface area contributed by atoms with E-state index < -0.39 is 112 Å². The summed E-state index contributed by atoms with van der Waals surface area (Å²) in [4.78, 5) is 24.4. The van der Waals surface area contributed by atoms with E-state index in [-0.39, 0.29) is 153 Å². The van der Waals surface area contributed by atoms with Gasteiger partial charge in [0.15, 0.2) is 17.1 Å². The molecule has 50 heavy (non-hydrogen) atoms. The monoisotopic (exact) mass is 864 g/mol. The van der Waals surface area contributed by atoms with Gasteiger partial charge in [0.25, 0.3) is 20.8 Å². The van der Waals surface area contributed by atoms with Crippen LogP contribution in [0.5, 0.6) is 11.5 Å². The molecule has 0 spiro atoms. The van der Waals surface area contributed by atoms with E-state index in [1.165, 1.54) is 0 Å². The summed E-state index contributed by atoms with van der Waals surface area (Å²) < 4.78 is 191. The molecule has 0 radical (unpaired) electrons. The maximum absolute atomic E-state index is 12.5. The van der Waals surface area contributed by atoms with Crippen LogP contribution in [-0.4, -0.2) is 106 Å². The van der Waals surface area contributed by atoms with Crippen molar-refractivity contribution in [2.75, 3.05) is 0 Å². The van der Waals surface area contributed by atoms with Crippen molar-refractivity contribution >= 4 is 70.0 Å². The SMILES string of the molecule is O=C(/C=C/c1ccc(OS(=O)(=O)[O-])c(OS(=O)(=O)[O-])c1)O[C@@H]1C[C@](OS(=O)(=O)[O-])(C(=O)O)C[C@@H](OS(=O)(=O)[O-])[C@H]1OS(=O)(=O)[O-].[Na+].[Na+].[Na+].[Na+].[Na+]. The molecule has 1 aromatic carbocycles. The number of carbonyl (C=O) groups excluding carboxylic acids is 1. The Morgan fingerprint density at radius 3 is 1.56 bits per heavy atom. The Hall–Kier alpha value is 1.93. The van der Waals surface area contributed by atoms with Crippen LogP contribution in [0.25, 0.3) is 6.08 Å². The first-order chi connectivity index (χ1) is 20.1. The predicted octanol–water partition coefficient (Wildman–Crippen LogP) is -18.9. The number of aliphatic carboxylic acids is 1. The van der Waals surface area contributed by atoms with Gasteiger partial charge < -0.3 is 41.0 Å². The first-order valence-corrected chi connectivity index (χ1v) is 17.2. The molecule has 24 nitrogen and oxygen atoms in total. The maximum Gasteiger partial charge on any atom is 1.00 e. The number of carboxylic acids is 1. The molecule has 2 rings (SSSR count). The summed E-state index contributed by atoms with van der Waals surface area (Å²) >= 11 is 0. The zero-order valence-electron chi connectivity index (χ0n) is 25.9. The van der Waals surface area contributed by atoms with Gasteiger partial charge in [0.1, 0.15) is 18.3 Å². The van der Waals surface area contributed by atoms with Crippen molar-refractivity contribution in [1.29, 1.82) is 0 Å².